The minimum absolute atomic E-state index is 0.114. The predicted molar refractivity (Wildman–Crippen MR) is 139 cm³/mol. The van der Waals surface area contributed by atoms with Crippen LogP contribution >= 0.6 is 23.4 Å². The summed E-state index contributed by atoms with van der Waals surface area (Å²) in [5, 5.41) is 15.0. The maximum atomic E-state index is 12.7. The molecule has 1 N–H and O–H groups in total. The lowest BCUT2D eigenvalue weighted by Gasteiger charge is -2.17. The normalized spacial score (nSPS) is 11.9. The van der Waals surface area contributed by atoms with Crippen LogP contribution in [0.4, 0.5) is 5.69 Å². The van der Waals surface area contributed by atoms with Crippen LogP contribution in [0, 0.1) is 6.92 Å². The Hall–Kier alpha value is -3.29. The number of nitrogens with zero attached hydrogens (tertiary/aromatic N) is 3. The Morgan fingerprint density at radius 2 is 2.00 bits per heavy atom. The molecule has 1 amide bonds. The number of halogens is 1. The average Bonchev–Trinajstić information content (AvgIpc) is 3.23. The third-order valence-corrected chi connectivity index (χ3v) is 6.46. The summed E-state index contributed by atoms with van der Waals surface area (Å²) in [5.74, 6) is 1.47. The van der Waals surface area contributed by atoms with Crippen LogP contribution in [-0.4, -0.2) is 26.4 Å². The van der Waals surface area contributed by atoms with Crippen molar-refractivity contribution in [2.45, 2.75) is 31.7 Å². The van der Waals surface area contributed by atoms with Crippen LogP contribution in [-0.2, 0) is 11.3 Å². The first kappa shape index (κ1) is 23.9. The van der Waals surface area contributed by atoms with Crippen LogP contribution in [0.2, 0.25) is 5.02 Å². The fraction of sp³-hybridized carbons (Fsp3) is 0.192. The van der Waals surface area contributed by atoms with E-state index < -0.39 is 0 Å². The van der Waals surface area contributed by atoms with Gasteiger partial charge in [-0.2, -0.15) is 0 Å². The van der Waals surface area contributed by atoms with Gasteiger partial charge in [0.05, 0.1) is 5.75 Å². The van der Waals surface area contributed by atoms with Crippen molar-refractivity contribution in [2.75, 3.05) is 11.1 Å². The first-order chi connectivity index (χ1) is 16.5. The second kappa shape index (κ2) is 10.8. The van der Waals surface area contributed by atoms with Gasteiger partial charge >= 0.3 is 0 Å². The zero-order valence-electron chi connectivity index (χ0n) is 19.0. The highest BCUT2D eigenvalue weighted by Gasteiger charge is 2.20. The van der Waals surface area contributed by atoms with Crippen LogP contribution in [0.3, 0.4) is 0 Å². The molecule has 0 aliphatic rings. The van der Waals surface area contributed by atoms with E-state index in [-0.39, 0.29) is 17.8 Å². The first-order valence-corrected chi connectivity index (χ1v) is 12.2. The molecular formula is C26H25ClN4O2S. The summed E-state index contributed by atoms with van der Waals surface area (Å²) < 4.78 is 8.04. The van der Waals surface area contributed by atoms with Crippen LogP contribution < -0.4 is 10.1 Å². The molecule has 0 aliphatic heterocycles. The standard InChI is InChI=1S/C26H25ClN4O2S/c1-4-14-31-25(18(3)33-23-13-12-20(27)15-17(23)2)29-30-26(31)34-16-24(32)28-22-11-7-9-19-8-5-6-10-21(19)22/h4-13,15,18H,1,14,16H2,2-3H3,(H,28,32). The number of hydrogen-bond acceptors (Lipinski definition) is 5. The Morgan fingerprint density at radius 3 is 2.79 bits per heavy atom. The Labute approximate surface area is 208 Å². The number of thioether (sulfide) groups is 1. The minimum Gasteiger partial charge on any atom is -0.482 e. The molecule has 0 fully saturated rings. The van der Waals surface area contributed by atoms with Gasteiger partial charge in [0.1, 0.15) is 5.75 Å². The van der Waals surface area contributed by atoms with Gasteiger partial charge in [-0.3, -0.25) is 9.36 Å². The Balaban J connectivity index is 1.45. The summed E-state index contributed by atoms with van der Waals surface area (Å²) in [6, 6.07) is 19.3. The second-order valence-corrected chi connectivity index (χ2v) is 9.15. The molecule has 0 spiro atoms. The number of aryl methyl sites for hydroxylation is 1. The summed E-state index contributed by atoms with van der Waals surface area (Å²) in [4.78, 5) is 12.7. The van der Waals surface area contributed by atoms with Gasteiger partial charge in [-0.25, -0.2) is 0 Å². The summed E-state index contributed by atoms with van der Waals surface area (Å²) in [7, 11) is 0. The van der Waals surface area contributed by atoms with Gasteiger partial charge in [-0.05, 0) is 49.1 Å². The lowest BCUT2D eigenvalue weighted by atomic mass is 10.1. The zero-order valence-corrected chi connectivity index (χ0v) is 20.6. The third-order valence-electron chi connectivity index (χ3n) is 5.26. The summed E-state index contributed by atoms with van der Waals surface area (Å²) in [6.07, 6.45) is 1.42. The Morgan fingerprint density at radius 1 is 1.21 bits per heavy atom. The number of benzene rings is 3. The van der Waals surface area contributed by atoms with E-state index in [0.29, 0.717) is 22.5 Å². The van der Waals surface area contributed by atoms with Gasteiger partial charge in [0.25, 0.3) is 0 Å². The number of rotatable bonds is 9. The van der Waals surface area contributed by atoms with Crippen molar-refractivity contribution in [3.8, 4) is 5.75 Å². The monoisotopic (exact) mass is 492 g/mol. The first-order valence-electron chi connectivity index (χ1n) is 10.8. The maximum absolute atomic E-state index is 12.7. The van der Waals surface area contributed by atoms with Crippen LogP contribution in [0.5, 0.6) is 5.75 Å². The molecule has 34 heavy (non-hydrogen) atoms. The highest BCUT2D eigenvalue weighted by molar-refractivity contribution is 7.99. The maximum Gasteiger partial charge on any atom is 0.234 e. The molecule has 0 saturated heterocycles. The van der Waals surface area contributed by atoms with Gasteiger partial charge in [-0.15, -0.1) is 16.8 Å². The molecule has 6 nitrogen and oxygen atoms in total. The fourth-order valence-corrected chi connectivity index (χ4v) is 4.63. The Bertz CT molecular complexity index is 1330. The lowest BCUT2D eigenvalue weighted by molar-refractivity contribution is -0.113. The molecule has 1 aromatic heterocycles. The number of ether oxygens (including phenoxy) is 1. The van der Waals surface area contributed by atoms with E-state index in [9.17, 15) is 4.79 Å². The van der Waals surface area contributed by atoms with Crippen LogP contribution in [0.25, 0.3) is 10.8 Å². The number of anilines is 1. The SMILES string of the molecule is C=CCn1c(SCC(=O)Nc2cccc3ccccc23)nnc1C(C)Oc1ccc(Cl)cc1C. The molecule has 1 heterocycles. The smallest absolute Gasteiger partial charge is 0.234 e. The van der Waals surface area contributed by atoms with Gasteiger partial charge < -0.3 is 10.1 Å². The molecule has 0 saturated carbocycles. The third kappa shape index (κ3) is 5.43. The zero-order chi connectivity index (χ0) is 24.1. The van der Waals surface area contributed by atoms with Crippen molar-refractivity contribution < 1.29 is 9.53 Å². The average molecular weight is 493 g/mol. The van der Waals surface area contributed by atoms with E-state index in [4.69, 9.17) is 16.3 Å². The predicted octanol–water partition coefficient (Wildman–Crippen LogP) is 6.45. The summed E-state index contributed by atoms with van der Waals surface area (Å²) in [6.45, 7) is 8.21. The largest absolute Gasteiger partial charge is 0.482 e. The molecule has 8 heteroatoms. The van der Waals surface area contributed by atoms with E-state index in [1.54, 1.807) is 12.1 Å². The van der Waals surface area contributed by atoms with Crippen molar-refractivity contribution >= 4 is 45.7 Å². The van der Waals surface area contributed by atoms with Crippen molar-refractivity contribution in [2.24, 2.45) is 0 Å². The van der Waals surface area contributed by atoms with Gasteiger partial charge in [0.15, 0.2) is 17.1 Å². The van der Waals surface area contributed by atoms with E-state index >= 15 is 0 Å². The molecule has 174 valence electrons. The van der Waals surface area contributed by atoms with Crippen LogP contribution in [0.1, 0.15) is 24.4 Å². The van der Waals surface area contributed by atoms with Gasteiger partial charge in [-0.1, -0.05) is 65.8 Å². The number of fused-ring (bicyclic) bond motifs is 1. The van der Waals surface area contributed by atoms with Crippen molar-refractivity contribution in [1.82, 2.24) is 14.8 Å². The molecule has 0 bridgehead atoms. The fourth-order valence-electron chi connectivity index (χ4n) is 3.65. The molecule has 3 aromatic carbocycles. The van der Waals surface area contributed by atoms with Crippen molar-refractivity contribution in [3.05, 3.63) is 89.7 Å². The topological polar surface area (TPSA) is 69.0 Å². The number of allylic oxidation sites excluding steroid dienone is 1. The van der Waals surface area contributed by atoms with E-state index in [1.807, 2.05) is 73.0 Å². The van der Waals surface area contributed by atoms with Crippen LogP contribution in [0.15, 0.2) is 78.5 Å². The number of aromatic nitrogens is 3. The quantitative estimate of drug-likeness (QED) is 0.215. The van der Waals surface area contributed by atoms with E-state index in [2.05, 4.69) is 22.1 Å². The summed E-state index contributed by atoms with van der Waals surface area (Å²) in [5.41, 5.74) is 1.73. The molecule has 4 aromatic rings. The van der Waals surface area contributed by atoms with Crippen molar-refractivity contribution in [1.29, 1.82) is 0 Å². The number of carbonyl (C=O) groups excluding carboxylic acids is 1. The number of amides is 1. The minimum atomic E-state index is -0.355. The second-order valence-electron chi connectivity index (χ2n) is 7.77. The number of hydrogen-bond donors (Lipinski definition) is 1. The summed E-state index contributed by atoms with van der Waals surface area (Å²) >= 11 is 7.38. The molecule has 4 rings (SSSR count). The number of nitrogens with one attached hydrogen (secondary N) is 1. The lowest BCUT2D eigenvalue weighted by Crippen LogP contribution is -2.16. The number of carbonyl (C=O) groups is 1. The van der Waals surface area contributed by atoms with Gasteiger partial charge in [0.2, 0.25) is 5.91 Å². The van der Waals surface area contributed by atoms with Crippen molar-refractivity contribution in [3.63, 3.8) is 0 Å². The molecule has 1 unspecified atom stereocenters. The molecule has 1 atom stereocenters. The molecule has 0 aliphatic carbocycles. The highest BCUT2D eigenvalue weighted by Crippen LogP contribution is 2.29. The molecular weight excluding hydrogens is 468 g/mol. The molecule has 0 radical (unpaired) electrons. The highest BCUT2D eigenvalue weighted by atomic mass is 35.5. The van der Waals surface area contributed by atoms with Gasteiger partial charge in [0, 0.05) is 22.6 Å². The Kier molecular flexibility index (Phi) is 7.55. The van der Waals surface area contributed by atoms with E-state index in [1.165, 1.54) is 11.8 Å². The van der Waals surface area contributed by atoms with E-state index in [0.717, 1.165) is 27.8 Å².